The van der Waals surface area contributed by atoms with Crippen LogP contribution in [-0.2, 0) is 5.75 Å². The number of amides is 1. The van der Waals surface area contributed by atoms with Crippen molar-refractivity contribution in [3.05, 3.63) is 71.1 Å². The van der Waals surface area contributed by atoms with Crippen molar-refractivity contribution < 1.29 is 9.21 Å². The maximum atomic E-state index is 12.3. The Morgan fingerprint density at radius 1 is 1.03 bits per heavy atom. The van der Waals surface area contributed by atoms with Crippen LogP contribution in [0.5, 0.6) is 0 Å². The van der Waals surface area contributed by atoms with Crippen molar-refractivity contribution in [2.45, 2.75) is 44.3 Å². The molecular weight excluding hydrogens is 424 g/mol. The number of nitrogens with zero attached hydrogens (tertiary/aromatic N) is 1. The van der Waals surface area contributed by atoms with E-state index in [4.69, 9.17) is 4.42 Å². The first-order chi connectivity index (χ1) is 15.1. The van der Waals surface area contributed by atoms with E-state index in [2.05, 4.69) is 48.4 Å². The van der Waals surface area contributed by atoms with Crippen LogP contribution in [0, 0.1) is 13.8 Å². The Balaban J connectivity index is 1.54. The van der Waals surface area contributed by atoms with Crippen LogP contribution in [0.4, 0.5) is 0 Å². The SMILES string of the molecule is CCCSCCCNC(=O)c1ccc(-c2nc(CSc3ccc(C)cc3)c(C)o2)cc1. The molecule has 0 saturated carbocycles. The summed E-state index contributed by atoms with van der Waals surface area (Å²) < 4.78 is 5.89. The molecular formula is C25H30N2O2S2. The third-order valence-corrected chi connectivity index (χ3v) is 7.08. The summed E-state index contributed by atoms with van der Waals surface area (Å²) in [6.45, 7) is 6.93. The predicted molar refractivity (Wildman–Crippen MR) is 132 cm³/mol. The van der Waals surface area contributed by atoms with Gasteiger partial charge in [0.2, 0.25) is 5.89 Å². The zero-order chi connectivity index (χ0) is 22.1. The van der Waals surface area contributed by atoms with Gasteiger partial charge < -0.3 is 9.73 Å². The first-order valence-electron chi connectivity index (χ1n) is 10.7. The highest BCUT2D eigenvalue weighted by Crippen LogP contribution is 2.28. The zero-order valence-corrected chi connectivity index (χ0v) is 20.1. The molecule has 6 heteroatoms. The van der Waals surface area contributed by atoms with Crippen LogP contribution in [-0.4, -0.2) is 28.9 Å². The Labute approximate surface area is 193 Å². The molecule has 0 unspecified atom stereocenters. The number of carbonyl (C=O) groups is 1. The minimum Gasteiger partial charge on any atom is -0.441 e. The lowest BCUT2D eigenvalue weighted by molar-refractivity contribution is 0.0954. The molecule has 0 spiro atoms. The van der Waals surface area contributed by atoms with Crippen molar-refractivity contribution in [2.24, 2.45) is 0 Å². The Kier molecular flexibility index (Phi) is 9.10. The number of thioether (sulfide) groups is 2. The summed E-state index contributed by atoms with van der Waals surface area (Å²) in [5.74, 6) is 4.42. The maximum Gasteiger partial charge on any atom is 0.251 e. The molecule has 31 heavy (non-hydrogen) atoms. The summed E-state index contributed by atoms with van der Waals surface area (Å²) in [4.78, 5) is 18.2. The van der Waals surface area contributed by atoms with Gasteiger partial charge in [-0.15, -0.1) is 11.8 Å². The molecule has 0 aliphatic heterocycles. The first kappa shape index (κ1) is 23.5. The Morgan fingerprint density at radius 3 is 2.48 bits per heavy atom. The number of benzene rings is 2. The van der Waals surface area contributed by atoms with E-state index < -0.39 is 0 Å². The van der Waals surface area contributed by atoms with Crippen molar-refractivity contribution in [3.63, 3.8) is 0 Å². The van der Waals surface area contributed by atoms with E-state index in [0.717, 1.165) is 34.9 Å². The van der Waals surface area contributed by atoms with E-state index in [1.165, 1.54) is 22.6 Å². The Hall–Kier alpha value is -2.18. The summed E-state index contributed by atoms with van der Waals surface area (Å²) in [7, 11) is 0. The minimum atomic E-state index is -0.0363. The molecule has 3 aromatic rings. The molecule has 0 aliphatic rings. The minimum absolute atomic E-state index is 0.0363. The molecule has 1 amide bonds. The molecule has 1 N–H and O–H groups in total. The van der Waals surface area contributed by atoms with Crippen LogP contribution in [0.25, 0.3) is 11.5 Å². The summed E-state index contributed by atoms with van der Waals surface area (Å²) in [5.41, 5.74) is 3.74. The van der Waals surface area contributed by atoms with Crippen LogP contribution in [0.1, 0.15) is 47.1 Å². The quantitative estimate of drug-likeness (QED) is 0.264. The summed E-state index contributed by atoms with van der Waals surface area (Å²) in [6, 6.07) is 15.9. The maximum absolute atomic E-state index is 12.3. The molecule has 0 saturated heterocycles. The summed E-state index contributed by atoms with van der Waals surface area (Å²) >= 11 is 3.68. The standard InChI is InChI=1S/C25H30N2O2S2/c1-4-15-30-16-5-14-26-24(28)20-8-10-21(11-9-20)25-27-23(19(3)29-25)17-31-22-12-6-18(2)7-13-22/h6-13H,4-5,14-17H2,1-3H3,(H,26,28). The van der Waals surface area contributed by atoms with E-state index in [0.29, 0.717) is 18.0 Å². The molecule has 4 nitrogen and oxygen atoms in total. The predicted octanol–water partition coefficient (Wildman–Crippen LogP) is 6.51. The third-order valence-electron chi connectivity index (χ3n) is 4.78. The highest BCUT2D eigenvalue weighted by Gasteiger charge is 2.13. The van der Waals surface area contributed by atoms with Gasteiger partial charge in [-0.25, -0.2) is 4.98 Å². The van der Waals surface area contributed by atoms with Crippen LogP contribution < -0.4 is 5.32 Å². The fourth-order valence-corrected chi connectivity index (χ4v) is 4.70. The van der Waals surface area contributed by atoms with Crippen molar-refractivity contribution >= 4 is 29.4 Å². The largest absolute Gasteiger partial charge is 0.441 e. The molecule has 1 heterocycles. The van der Waals surface area contributed by atoms with Crippen molar-refractivity contribution in [1.29, 1.82) is 0 Å². The Bertz CT molecular complexity index is 966. The number of nitrogens with one attached hydrogen (secondary N) is 1. The second-order valence-electron chi connectivity index (χ2n) is 7.42. The van der Waals surface area contributed by atoms with Crippen molar-refractivity contribution in [1.82, 2.24) is 10.3 Å². The number of carbonyl (C=O) groups excluding carboxylic acids is 1. The van der Waals surface area contributed by atoms with Crippen molar-refractivity contribution in [2.75, 3.05) is 18.1 Å². The fraction of sp³-hybridized carbons (Fsp3) is 0.360. The lowest BCUT2D eigenvalue weighted by atomic mass is 10.1. The van der Waals surface area contributed by atoms with Gasteiger partial charge in [-0.3, -0.25) is 4.79 Å². The van der Waals surface area contributed by atoms with E-state index in [-0.39, 0.29) is 5.91 Å². The van der Waals surface area contributed by atoms with Gasteiger partial charge in [0.1, 0.15) is 5.76 Å². The molecule has 164 valence electrons. The molecule has 1 aromatic heterocycles. The summed E-state index contributed by atoms with van der Waals surface area (Å²) in [6.07, 6.45) is 2.19. The number of hydrogen-bond acceptors (Lipinski definition) is 5. The zero-order valence-electron chi connectivity index (χ0n) is 18.4. The molecule has 0 atom stereocenters. The molecule has 0 fully saturated rings. The lowest BCUT2D eigenvalue weighted by Crippen LogP contribution is -2.24. The van der Waals surface area contributed by atoms with Gasteiger partial charge in [0, 0.05) is 28.3 Å². The van der Waals surface area contributed by atoms with E-state index >= 15 is 0 Å². The highest BCUT2D eigenvalue weighted by atomic mass is 32.2. The van der Waals surface area contributed by atoms with Crippen LogP contribution in [0.2, 0.25) is 0 Å². The van der Waals surface area contributed by atoms with Gasteiger partial charge in [0.25, 0.3) is 5.91 Å². The topological polar surface area (TPSA) is 55.1 Å². The van der Waals surface area contributed by atoms with Gasteiger partial charge in [0.05, 0.1) is 5.69 Å². The molecule has 3 rings (SSSR count). The molecule has 0 radical (unpaired) electrons. The van der Waals surface area contributed by atoms with Gasteiger partial charge in [-0.1, -0.05) is 24.6 Å². The average Bonchev–Trinajstić information content (AvgIpc) is 3.16. The van der Waals surface area contributed by atoms with Gasteiger partial charge in [0.15, 0.2) is 0 Å². The fourth-order valence-electron chi connectivity index (χ4n) is 2.96. The number of aryl methyl sites for hydroxylation is 2. The van der Waals surface area contributed by atoms with E-state index in [1.54, 1.807) is 11.8 Å². The smallest absolute Gasteiger partial charge is 0.251 e. The number of rotatable bonds is 11. The van der Waals surface area contributed by atoms with Crippen LogP contribution in [0.15, 0.2) is 57.8 Å². The monoisotopic (exact) mass is 454 g/mol. The normalized spacial score (nSPS) is 10.9. The van der Waals surface area contributed by atoms with Gasteiger partial charge >= 0.3 is 0 Å². The number of hydrogen-bond donors (Lipinski definition) is 1. The third kappa shape index (κ3) is 7.18. The van der Waals surface area contributed by atoms with Gasteiger partial charge in [-0.2, -0.15) is 11.8 Å². The first-order valence-corrected chi connectivity index (χ1v) is 12.8. The van der Waals surface area contributed by atoms with E-state index in [1.807, 2.05) is 43.0 Å². The average molecular weight is 455 g/mol. The van der Waals surface area contributed by atoms with E-state index in [9.17, 15) is 4.79 Å². The molecule has 2 aromatic carbocycles. The molecule has 0 bridgehead atoms. The summed E-state index contributed by atoms with van der Waals surface area (Å²) in [5, 5.41) is 2.99. The van der Waals surface area contributed by atoms with Crippen LogP contribution >= 0.6 is 23.5 Å². The lowest BCUT2D eigenvalue weighted by Gasteiger charge is -2.05. The number of oxazole rings is 1. The molecule has 0 aliphatic carbocycles. The highest BCUT2D eigenvalue weighted by molar-refractivity contribution is 7.99. The Morgan fingerprint density at radius 2 is 1.77 bits per heavy atom. The van der Waals surface area contributed by atoms with Gasteiger partial charge in [-0.05, 0) is 74.6 Å². The second kappa shape index (κ2) is 12.0. The number of aromatic nitrogens is 1. The van der Waals surface area contributed by atoms with Crippen LogP contribution in [0.3, 0.4) is 0 Å². The second-order valence-corrected chi connectivity index (χ2v) is 9.70. The van der Waals surface area contributed by atoms with Crippen molar-refractivity contribution in [3.8, 4) is 11.5 Å².